The zero-order valence-electron chi connectivity index (χ0n) is 14.0. The standard InChI is InChI=1S/C18H26O4S/c1-3-18(19)22-13-17(14-7-5-6-8-14)15-9-11-16(12-10-15)23(20,21)4-2/h9-12,14,17H,3-8,13H2,1-2H3. The van der Waals surface area contributed by atoms with Crippen molar-refractivity contribution >= 4 is 15.8 Å². The Labute approximate surface area is 139 Å². The highest BCUT2D eigenvalue weighted by Gasteiger charge is 2.27. The van der Waals surface area contributed by atoms with Gasteiger partial charge in [-0.1, -0.05) is 38.8 Å². The molecule has 1 atom stereocenters. The van der Waals surface area contributed by atoms with Crippen LogP contribution in [0.5, 0.6) is 0 Å². The molecule has 1 aromatic rings. The largest absolute Gasteiger partial charge is 0.465 e. The van der Waals surface area contributed by atoms with Gasteiger partial charge < -0.3 is 4.74 Å². The van der Waals surface area contributed by atoms with E-state index in [1.54, 1.807) is 26.0 Å². The molecule has 0 aromatic heterocycles. The lowest BCUT2D eigenvalue weighted by atomic mass is 9.85. The van der Waals surface area contributed by atoms with Crippen LogP contribution in [0.15, 0.2) is 29.2 Å². The monoisotopic (exact) mass is 338 g/mol. The number of rotatable bonds is 7. The number of sulfone groups is 1. The van der Waals surface area contributed by atoms with E-state index >= 15 is 0 Å². The van der Waals surface area contributed by atoms with Gasteiger partial charge in [0.05, 0.1) is 17.3 Å². The minimum atomic E-state index is -3.17. The molecule has 0 radical (unpaired) electrons. The smallest absolute Gasteiger partial charge is 0.305 e. The number of benzene rings is 1. The fraction of sp³-hybridized carbons (Fsp3) is 0.611. The molecule has 0 saturated heterocycles. The normalized spacial score (nSPS) is 17.1. The van der Waals surface area contributed by atoms with E-state index in [-0.39, 0.29) is 17.6 Å². The van der Waals surface area contributed by atoms with Gasteiger partial charge >= 0.3 is 5.97 Å². The van der Waals surface area contributed by atoms with Crippen LogP contribution in [0.25, 0.3) is 0 Å². The molecular formula is C18H26O4S. The molecule has 1 fully saturated rings. The topological polar surface area (TPSA) is 60.4 Å². The van der Waals surface area contributed by atoms with Gasteiger partial charge in [0.1, 0.15) is 0 Å². The molecule has 1 unspecified atom stereocenters. The third kappa shape index (κ3) is 4.56. The fourth-order valence-electron chi connectivity index (χ4n) is 3.24. The first-order valence-corrected chi connectivity index (χ1v) is 10.1. The van der Waals surface area contributed by atoms with E-state index in [2.05, 4.69) is 0 Å². The van der Waals surface area contributed by atoms with E-state index in [0.29, 0.717) is 23.8 Å². The van der Waals surface area contributed by atoms with E-state index in [4.69, 9.17) is 4.74 Å². The Hall–Kier alpha value is -1.36. The molecule has 0 spiro atoms. The molecule has 0 N–H and O–H groups in total. The van der Waals surface area contributed by atoms with Gasteiger partial charge in [0.2, 0.25) is 0 Å². The van der Waals surface area contributed by atoms with Crippen molar-refractivity contribution < 1.29 is 17.9 Å². The maximum absolute atomic E-state index is 11.9. The highest BCUT2D eigenvalue weighted by molar-refractivity contribution is 7.91. The van der Waals surface area contributed by atoms with Crippen molar-refractivity contribution in [3.05, 3.63) is 29.8 Å². The van der Waals surface area contributed by atoms with Crippen LogP contribution in [-0.4, -0.2) is 26.7 Å². The second kappa shape index (κ2) is 7.95. The molecule has 1 aliphatic rings. The number of esters is 1. The van der Waals surface area contributed by atoms with Crippen molar-refractivity contribution in [3.8, 4) is 0 Å². The summed E-state index contributed by atoms with van der Waals surface area (Å²) in [6, 6.07) is 7.12. The van der Waals surface area contributed by atoms with Crippen molar-refractivity contribution in [2.45, 2.75) is 56.8 Å². The Kier molecular flexibility index (Phi) is 6.22. The van der Waals surface area contributed by atoms with Crippen molar-refractivity contribution in [2.24, 2.45) is 5.92 Å². The minimum absolute atomic E-state index is 0.104. The van der Waals surface area contributed by atoms with Crippen LogP contribution in [0.2, 0.25) is 0 Å². The molecule has 0 bridgehead atoms. The van der Waals surface area contributed by atoms with Gasteiger partial charge in [0.25, 0.3) is 0 Å². The molecule has 1 saturated carbocycles. The molecule has 5 heteroatoms. The Morgan fingerprint density at radius 3 is 2.30 bits per heavy atom. The summed E-state index contributed by atoms with van der Waals surface area (Å²) in [5, 5.41) is 0. The zero-order valence-corrected chi connectivity index (χ0v) is 14.8. The summed E-state index contributed by atoms with van der Waals surface area (Å²) in [6.07, 6.45) is 5.09. The molecule has 23 heavy (non-hydrogen) atoms. The lowest BCUT2D eigenvalue weighted by Gasteiger charge is -2.24. The van der Waals surface area contributed by atoms with Gasteiger partial charge in [0, 0.05) is 12.3 Å². The molecule has 0 heterocycles. The molecule has 0 aliphatic heterocycles. The Morgan fingerprint density at radius 2 is 1.78 bits per heavy atom. The molecule has 4 nitrogen and oxygen atoms in total. The second-order valence-corrected chi connectivity index (χ2v) is 8.44. The van der Waals surface area contributed by atoms with E-state index in [1.807, 2.05) is 12.1 Å². The molecular weight excluding hydrogens is 312 g/mol. The fourth-order valence-corrected chi connectivity index (χ4v) is 4.12. The van der Waals surface area contributed by atoms with Crippen LogP contribution in [0.4, 0.5) is 0 Å². The summed E-state index contributed by atoms with van der Waals surface area (Å²) >= 11 is 0. The highest BCUT2D eigenvalue weighted by atomic mass is 32.2. The summed E-state index contributed by atoms with van der Waals surface area (Å²) in [4.78, 5) is 11.8. The summed E-state index contributed by atoms with van der Waals surface area (Å²) in [5.41, 5.74) is 1.07. The summed E-state index contributed by atoms with van der Waals surface area (Å²) in [7, 11) is -3.17. The Balaban J connectivity index is 2.19. The molecule has 1 aliphatic carbocycles. The first kappa shape index (κ1) is 18.0. The van der Waals surface area contributed by atoms with Crippen LogP contribution in [-0.2, 0) is 19.4 Å². The average molecular weight is 338 g/mol. The average Bonchev–Trinajstić information content (AvgIpc) is 3.09. The summed E-state index contributed by atoms with van der Waals surface area (Å²) < 4.78 is 29.2. The van der Waals surface area contributed by atoms with Crippen molar-refractivity contribution in [3.63, 3.8) is 0 Å². The maximum Gasteiger partial charge on any atom is 0.305 e. The van der Waals surface area contributed by atoms with E-state index in [1.165, 1.54) is 12.8 Å². The van der Waals surface area contributed by atoms with Gasteiger partial charge in [-0.05, 0) is 36.5 Å². The molecule has 1 aromatic carbocycles. The number of carbonyl (C=O) groups excluding carboxylic acids is 1. The molecule has 128 valence electrons. The highest BCUT2D eigenvalue weighted by Crippen LogP contribution is 2.37. The van der Waals surface area contributed by atoms with Crippen molar-refractivity contribution in [1.29, 1.82) is 0 Å². The maximum atomic E-state index is 11.9. The Bertz CT molecular complexity index is 613. The van der Waals surface area contributed by atoms with Crippen molar-refractivity contribution in [2.75, 3.05) is 12.4 Å². The van der Waals surface area contributed by atoms with E-state index < -0.39 is 9.84 Å². The molecule has 0 amide bonds. The lowest BCUT2D eigenvalue weighted by molar-refractivity contribution is -0.144. The molecule has 2 rings (SSSR count). The number of hydrogen-bond donors (Lipinski definition) is 0. The summed E-state index contributed by atoms with van der Waals surface area (Å²) in [5.74, 6) is 0.588. The Morgan fingerprint density at radius 1 is 1.17 bits per heavy atom. The lowest BCUT2D eigenvalue weighted by Crippen LogP contribution is -2.19. The van der Waals surface area contributed by atoms with E-state index in [9.17, 15) is 13.2 Å². The number of hydrogen-bond acceptors (Lipinski definition) is 4. The predicted octanol–water partition coefficient (Wildman–Crippen LogP) is 3.71. The SMILES string of the molecule is CCC(=O)OCC(c1ccc(S(=O)(=O)CC)cc1)C1CCCC1. The summed E-state index contributed by atoms with van der Waals surface area (Å²) in [6.45, 7) is 3.82. The predicted molar refractivity (Wildman–Crippen MR) is 90.1 cm³/mol. The third-order valence-corrected chi connectivity index (χ3v) is 6.48. The second-order valence-electron chi connectivity index (χ2n) is 6.16. The van der Waals surface area contributed by atoms with Gasteiger partial charge in [-0.25, -0.2) is 8.42 Å². The van der Waals surface area contributed by atoms with Gasteiger partial charge in [-0.3, -0.25) is 4.79 Å². The van der Waals surface area contributed by atoms with Gasteiger partial charge in [-0.15, -0.1) is 0 Å². The van der Waals surface area contributed by atoms with Crippen molar-refractivity contribution in [1.82, 2.24) is 0 Å². The first-order chi connectivity index (χ1) is 11.0. The number of carbonyl (C=O) groups is 1. The van der Waals surface area contributed by atoms with Crippen LogP contribution in [0.3, 0.4) is 0 Å². The van der Waals surface area contributed by atoms with Gasteiger partial charge in [0.15, 0.2) is 9.84 Å². The van der Waals surface area contributed by atoms with E-state index in [0.717, 1.165) is 18.4 Å². The van der Waals surface area contributed by atoms with Crippen LogP contribution in [0.1, 0.15) is 57.4 Å². The van der Waals surface area contributed by atoms with Crippen LogP contribution < -0.4 is 0 Å². The number of ether oxygens (including phenoxy) is 1. The third-order valence-electron chi connectivity index (χ3n) is 4.73. The van der Waals surface area contributed by atoms with Gasteiger partial charge in [-0.2, -0.15) is 0 Å². The first-order valence-electron chi connectivity index (χ1n) is 8.46. The zero-order chi connectivity index (χ0) is 16.9. The minimum Gasteiger partial charge on any atom is -0.465 e. The van der Waals surface area contributed by atoms with Crippen LogP contribution >= 0.6 is 0 Å². The van der Waals surface area contributed by atoms with Crippen LogP contribution in [0, 0.1) is 5.92 Å². The quantitative estimate of drug-likeness (QED) is 0.711.